The van der Waals surface area contributed by atoms with Gasteiger partial charge in [-0.15, -0.1) is 0 Å². The van der Waals surface area contributed by atoms with Crippen molar-refractivity contribution in [3.05, 3.63) is 30.6 Å². The van der Waals surface area contributed by atoms with E-state index in [0.717, 1.165) is 22.1 Å². The predicted molar refractivity (Wildman–Crippen MR) is 78.7 cm³/mol. The first-order valence-corrected chi connectivity index (χ1v) is 6.28. The topological polar surface area (TPSA) is 50.9 Å². The molecular weight excluding hydrogens is 222 g/mol. The summed E-state index contributed by atoms with van der Waals surface area (Å²) in [6.07, 6.45) is 3.61. The number of aromatic nitrogens is 1. The van der Waals surface area contributed by atoms with Gasteiger partial charge in [-0.2, -0.15) is 0 Å². The van der Waals surface area contributed by atoms with Crippen LogP contribution in [0.4, 0.5) is 11.4 Å². The van der Waals surface area contributed by atoms with Gasteiger partial charge in [0.25, 0.3) is 0 Å². The van der Waals surface area contributed by atoms with Crippen molar-refractivity contribution in [3.63, 3.8) is 0 Å². The lowest BCUT2D eigenvalue weighted by molar-refractivity contribution is 0.359. The second kappa shape index (κ2) is 4.48. The average molecular weight is 243 g/mol. The molecule has 0 amide bonds. The molecule has 1 atom stereocenters. The minimum absolute atomic E-state index is 0.194. The highest BCUT2D eigenvalue weighted by Gasteiger charge is 2.20. The Bertz CT molecular complexity index is 555. The van der Waals surface area contributed by atoms with E-state index >= 15 is 0 Å². The van der Waals surface area contributed by atoms with Crippen LogP contribution in [0.3, 0.4) is 0 Å². The van der Waals surface area contributed by atoms with Gasteiger partial charge in [-0.25, -0.2) is 0 Å². The van der Waals surface area contributed by atoms with E-state index in [1.165, 1.54) is 0 Å². The smallest absolute Gasteiger partial charge is 0.0630 e. The van der Waals surface area contributed by atoms with Crippen LogP contribution in [-0.2, 0) is 0 Å². The molecule has 0 aliphatic carbocycles. The van der Waals surface area contributed by atoms with Crippen LogP contribution in [0.2, 0.25) is 0 Å². The van der Waals surface area contributed by atoms with Gasteiger partial charge < -0.3 is 11.1 Å². The number of anilines is 2. The SMILES string of the molecule is CC(Nc1ccc2cnccc2c1N)C(C)(C)C. The van der Waals surface area contributed by atoms with E-state index in [4.69, 9.17) is 5.73 Å². The van der Waals surface area contributed by atoms with Crippen molar-refractivity contribution in [2.75, 3.05) is 11.1 Å². The molecule has 3 nitrogen and oxygen atoms in total. The summed E-state index contributed by atoms with van der Waals surface area (Å²) in [4.78, 5) is 4.11. The molecule has 18 heavy (non-hydrogen) atoms. The zero-order valence-corrected chi connectivity index (χ0v) is 11.5. The summed E-state index contributed by atoms with van der Waals surface area (Å²) in [5.74, 6) is 0. The van der Waals surface area contributed by atoms with Crippen molar-refractivity contribution in [3.8, 4) is 0 Å². The molecule has 0 aliphatic heterocycles. The fraction of sp³-hybridized carbons (Fsp3) is 0.400. The first kappa shape index (κ1) is 12.7. The monoisotopic (exact) mass is 243 g/mol. The summed E-state index contributed by atoms with van der Waals surface area (Å²) in [6, 6.07) is 6.38. The lowest BCUT2D eigenvalue weighted by Crippen LogP contribution is -2.31. The number of nitrogens with one attached hydrogen (secondary N) is 1. The Labute approximate surface area is 108 Å². The molecule has 0 saturated carbocycles. The summed E-state index contributed by atoms with van der Waals surface area (Å²) < 4.78 is 0. The van der Waals surface area contributed by atoms with Crippen LogP contribution < -0.4 is 11.1 Å². The first-order chi connectivity index (χ1) is 8.39. The quantitative estimate of drug-likeness (QED) is 0.791. The number of nitrogen functional groups attached to an aromatic ring is 1. The minimum atomic E-state index is 0.194. The Kier molecular flexibility index (Phi) is 3.16. The molecule has 2 rings (SSSR count). The molecule has 1 aromatic carbocycles. The molecule has 0 spiro atoms. The number of hydrogen-bond donors (Lipinski definition) is 2. The van der Waals surface area contributed by atoms with Gasteiger partial charge in [-0.1, -0.05) is 26.8 Å². The maximum absolute atomic E-state index is 6.22. The standard InChI is InChI=1S/C15H21N3/c1-10(15(2,3)4)18-13-6-5-11-9-17-8-7-12(11)14(13)16/h5-10,18H,16H2,1-4H3. The highest BCUT2D eigenvalue weighted by Crippen LogP contribution is 2.31. The van der Waals surface area contributed by atoms with Crippen LogP contribution in [-0.4, -0.2) is 11.0 Å². The van der Waals surface area contributed by atoms with E-state index in [9.17, 15) is 0 Å². The van der Waals surface area contributed by atoms with Gasteiger partial charge in [0.15, 0.2) is 0 Å². The van der Waals surface area contributed by atoms with Gasteiger partial charge >= 0.3 is 0 Å². The van der Waals surface area contributed by atoms with Crippen LogP contribution in [0.25, 0.3) is 10.8 Å². The lowest BCUT2D eigenvalue weighted by atomic mass is 9.88. The largest absolute Gasteiger partial charge is 0.397 e. The molecule has 96 valence electrons. The summed E-state index contributed by atoms with van der Waals surface area (Å²) in [6.45, 7) is 8.82. The molecule has 3 heteroatoms. The van der Waals surface area contributed by atoms with E-state index in [1.807, 2.05) is 18.3 Å². The molecular formula is C15H21N3. The third-order valence-corrected chi connectivity index (χ3v) is 3.53. The highest BCUT2D eigenvalue weighted by atomic mass is 14.9. The van der Waals surface area contributed by atoms with E-state index in [1.54, 1.807) is 6.20 Å². The normalized spacial score (nSPS) is 13.6. The molecule has 0 fully saturated rings. The van der Waals surface area contributed by atoms with Gasteiger partial charge in [0.2, 0.25) is 0 Å². The van der Waals surface area contributed by atoms with Crippen LogP contribution in [0, 0.1) is 5.41 Å². The zero-order chi connectivity index (χ0) is 13.3. The fourth-order valence-electron chi connectivity index (χ4n) is 1.77. The van der Waals surface area contributed by atoms with Crippen molar-refractivity contribution < 1.29 is 0 Å². The number of hydrogen-bond acceptors (Lipinski definition) is 3. The number of benzene rings is 1. The van der Waals surface area contributed by atoms with E-state index in [-0.39, 0.29) is 5.41 Å². The third-order valence-electron chi connectivity index (χ3n) is 3.53. The summed E-state index contributed by atoms with van der Waals surface area (Å²) in [5, 5.41) is 5.62. The molecule has 3 N–H and O–H groups in total. The molecule has 0 aliphatic rings. The molecule has 0 radical (unpaired) electrons. The van der Waals surface area contributed by atoms with Crippen LogP contribution in [0.5, 0.6) is 0 Å². The fourth-order valence-corrected chi connectivity index (χ4v) is 1.77. The van der Waals surface area contributed by atoms with Crippen molar-refractivity contribution in [1.82, 2.24) is 4.98 Å². The zero-order valence-electron chi connectivity index (χ0n) is 11.5. The first-order valence-electron chi connectivity index (χ1n) is 6.28. The molecule has 0 bridgehead atoms. The summed E-state index contributed by atoms with van der Waals surface area (Å²) >= 11 is 0. The molecule has 1 heterocycles. The number of pyridine rings is 1. The Morgan fingerprint density at radius 2 is 1.94 bits per heavy atom. The number of fused-ring (bicyclic) bond motifs is 1. The van der Waals surface area contributed by atoms with Crippen molar-refractivity contribution in [2.24, 2.45) is 5.41 Å². The van der Waals surface area contributed by atoms with Crippen molar-refractivity contribution in [1.29, 1.82) is 0 Å². The summed E-state index contributed by atoms with van der Waals surface area (Å²) in [7, 11) is 0. The number of nitrogens with zero attached hydrogens (tertiary/aromatic N) is 1. The lowest BCUT2D eigenvalue weighted by Gasteiger charge is -2.29. The van der Waals surface area contributed by atoms with E-state index < -0.39 is 0 Å². The van der Waals surface area contributed by atoms with Gasteiger partial charge in [0.05, 0.1) is 11.4 Å². The maximum Gasteiger partial charge on any atom is 0.0630 e. The predicted octanol–water partition coefficient (Wildman–Crippen LogP) is 3.66. The van der Waals surface area contributed by atoms with Crippen molar-refractivity contribution in [2.45, 2.75) is 33.7 Å². The van der Waals surface area contributed by atoms with E-state index in [2.05, 4.69) is 44.1 Å². The summed E-state index contributed by atoms with van der Waals surface area (Å²) in [5.41, 5.74) is 8.21. The highest BCUT2D eigenvalue weighted by molar-refractivity contribution is 5.98. The second-order valence-electron chi connectivity index (χ2n) is 5.86. The van der Waals surface area contributed by atoms with Gasteiger partial charge in [0, 0.05) is 29.2 Å². The van der Waals surface area contributed by atoms with Gasteiger partial charge in [0.1, 0.15) is 0 Å². The number of rotatable bonds is 2. The molecule has 2 aromatic rings. The Morgan fingerprint density at radius 1 is 1.22 bits per heavy atom. The Balaban J connectivity index is 2.38. The van der Waals surface area contributed by atoms with Gasteiger partial charge in [-0.05, 0) is 24.5 Å². The number of nitrogens with two attached hydrogens (primary N) is 1. The van der Waals surface area contributed by atoms with Crippen LogP contribution in [0.15, 0.2) is 30.6 Å². The average Bonchev–Trinajstić information content (AvgIpc) is 2.32. The second-order valence-corrected chi connectivity index (χ2v) is 5.86. The minimum Gasteiger partial charge on any atom is -0.397 e. The van der Waals surface area contributed by atoms with Crippen molar-refractivity contribution >= 4 is 22.1 Å². The van der Waals surface area contributed by atoms with Gasteiger partial charge in [-0.3, -0.25) is 4.98 Å². The molecule has 1 unspecified atom stereocenters. The Morgan fingerprint density at radius 3 is 2.61 bits per heavy atom. The van der Waals surface area contributed by atoms with Crippen LogP contribution in [0.1, 0.15) is 27.7 Å². The van der Waals surface area contributed by atoms with E-state index in [0.29, 0.717) is 6.04 Å². The molecule has 1 aromatic heterocycles. The Hall–Kier alpha value is -1.77. The van der Waals surface area contributed by atoms with Crippen LogP contribution >= 0.6 is 0 Å². The maximum atomic E-state index is 6.22. The molecule has 0 saturated heterocycles. The third kappa shape index (κ3) is 2.40.